The van der Waals surface area contributed by atoms with E-state index in [1.165, 1.54) is 19.3 Å². The van der Waals surface area contributed by atoms with Crippen LogP contribution in [0.15, 0.2) is 17.1 Å². The lowest BCUT2D eigenvalue weighted by atomic mass is 10.1. The van der Waals surface area contributed by atoms with Gasteiger partial charge in [0.2, 0.25) is 0 Å². The van der Waals surface area contributed by atoms with E-state index in [0.29, 0.717) is 22.6 Å². The summed E-state index contributed by atoms with van der Waals surface area (Å²) in [6, 6.07) is 4.09. The molecule has 6 heteroatoms. The summed E-state index contributed by atoms with van der Waals surface area (Å²) >= 11 is 7.91. The molecule has 1 aliphatic heterocycles. The second-order valence-corrected chi connectivity index (χ2v) is 6.73. The molecule has 0 saturated heterocycles. The average Bonchev–Trinajstić information content (AvgIpc) is 2.96. The number of rotatable bonds is 3. The molecule has 1 fully saturated rings. The number of hydrogen-bond acceptors (Lipinski definition) is 5. The molecule has 4 nitrogen and oxygen atoms in total. The van der Waals surface area contributed by atoms with Crippen LogP contribution in [0, 0.1) is 5.92 Å². The Kier molecular flexibility index (Phi) is 4.50. The van der Waals surface area contributed by atoms with Crippen molar-refractivity contribution < 1.29 is 9.47 Å². The van der Waals surface area contributed by atoms with Gasteiger partial charge < -0.3 is 14.8 Å². The number of nitrogens with zero attached hydrogens (tertiary/aromatic N) is 1. The zero-order valence-corrected chi connectivity index (χ0v) is 13.8. The molecule has 3 rings (SSSR count). The van der Waals surface area contributed by atoms with Gasteiger partial charge in [0.05, 0.1) is 31.0 Å². The first kappa shape index (κ1) is 14.9. The number of methoxy groups -OCH3 is 2. The first-order chi connectivity index (χ1) is 10.2. The fourth-order valence-corrected chi connectivity index (χ4v) is 4.28. The van der Waals surface area contributed by atoms with Gasteiger partial charge in [-0.25, -0.2) is 0 Å². The highest BCUT2D eigenvalue weighted by Crippen LogP contribution is 2.39. The van der Waals surface area contributed by atoms with E-state index in [0.717, 1.165) is 22.5 Å². The third-order valence-electron chi connectivity index (χ3n) is 4.05. The van der Waals surface area contributed by atoms with Crippen LogP contribution in [-0.4, -0.2) is 31.2 Å². The van der Waals surface area contributed by atoms with E-state index in [-0.39, 0.29) is 0 Å². The van der Waals surface area contributed by atoms with Gasteiger partial charge in [0.25, 0.3) is 0 Å². The molecular weight excluding hydrogens is 308 g/mol. The highest BCUT2D eigenvalue weighted by molar-refractivity contribution is 8.14. The van der Waals surface area contributed by atoms with E-state index in [2.05, 4.69) is 5.32 Å². The van der Waals surface area contributed by atoms with Gasteiger partial charge >= 0.3 is 0 Å². The fourth-order valence-electron chi connectivity index (χ4n) is 2.90. The summed E-state index contributed by atoms with van der Waals surface area (Å²) < 4.78 is 10.7. The van der Waals surface area contributed by atoms with Crippen molar-refractivity contribution in [3.63, 3.8) is 0 Å². The van der Waals surface area contributed by atoms with Gasteiger partial charge in [-0.05, 0) is 18.8 Å². The van der Waals surface area contributed by atoms with Crippen molar-refractivity contribution in [3.05, 3.63) is 17.2 Å². The maximum absolute atomic E-state index is 6.13. The lowest BCUT2D eigenvalue weighted by Crippen LogP contribution is -2.25. The Bertz CT molecular complexity index is 565. The Morgan fingerprint density at radius 1 is 1.24 bits per heavy atom. The number of ether oxygens (including phenoxy) is 2. The second kappa shape index (κ2) is 6.36. The Morgan fingerprint density at radius 2 is 2.05 bits per heavy atom. The molecule has 0 spiro atoms. The van der Waals surface area contributed by atoms with Crippen LogP contribution in [-0.2, 0) is 0 Å². The second-order valence-electron chi connectivity index (χ2n) is 5.32. The molecule has 0 bridgehead atoms. The predicted molar refractivity (Wildman–Crippen MR) is 89.2 cm³/mol. The Morgan fingerprint density at radius 3 is 2.81 bits per heavy atom. The first-order valence-electron chi connectivity index (χ1n) is 7.10. The van der Waals surface area contributed by atoms with Crippen molar-refractivity contribution in [2.24, 2.45) is 10.9 Å². The van der Waals surface area contributed by atoms with Crippen LogP contribution in [0.2, 0.25) is 5.02 Å². The molecule has 2 atom stereocenters. The lowest BCUT2D eigenvalue weighted by Gasteiger charge is -2.24. The maximum Gasteiger partial charge on any atom is 0.161 e. The Labute approximate surface area is 134 Å². The maximum atomic E-state index is 6.13. The zero-order chi connectivity index (χ0) is 14.8. The number of thioether (sulfide) groups is 1. The molecule has 1 N–H and O–H groups in total. The number of hydrogen-bond donors (Lipinski definition) is 1. The van der Waals surface area contributed by atoms with Crippen LogP contribution in [0.4, 0.5) is 5.69 Å². The Hall–Kier alpha value is -1.07. The number of anilines is 1. The normalized spacial score (nSPS) is 24.2. The van der Waals surface area contributed by atoms with E-state index in [1.54, 1.807) is 32.0 Å². The minimum atomic E-state index is 0.481. The van der Waals surface area contributed by atoms with E-state index in [9.17, 15) is 0 Å². The first-order valence-corrected chi connectivity index (χ1v) is 8.46. The summed E-state index contributed by atoms with van der Waals surface area (Å²) in [5.74, 6) is 3.21. The SMILES string of the molecule is COc1cc(NC2=NC3CCCC3CS2)c(OC)cc1Cl. The standard InChI is InChI=1S/C15H19ClN2O2S/c1-19-13-7-12(14(20-2)6-10(13)16)18-15-17-11-5-3-4-9(11)8-21-15/h6-7,9,11H,3-5,8H2,1-2H3,(H,17,18). The summed E-state index contributed by atoms with van der Waals surface area (Å²) in [4.78, 5) is 4.83. The van der Waals surface area contributed by atoms with Crippen LogP contribution < -0.4 is 14.8 Å². The molecular formula is C15H19ClN2O2S. The van der Waals surface area contributed by atoms with Crippen molar-refractivity contribution in [2.75, 3.05) is 25.3 Å². The van der Waals surface area contributed by atoms with Crippen LogP contribution in [0.25, 0.3) is 0 Å². The molecule has 1 aromatic rings. The van der Waals surface area contributed by atoms with Crippen molar-refractivity contribution in [1.82, 2.24) is 0 Å². The van der Waals surface area contributed by atoms with Gasteiger partial charge in [0, 0.05) is 17.9 Å². The largest absolute Gasteiger partial charge is 0.495 e. The molecule has 0 aromatic heterocycles. The molecule has 2 aliphatic rings. The van der Waals surface area contributed by atoms with Gasteiger partial charge in [-0.3, -0.25) is 4.99 Å². The summed E-state index contributed by atoms with van der Waals surface area (Å²) in [6.45, 7) is 0. The van der Waals surface area contributed by atoms with Gasteiger partial charge in [-0.1, -0.05) is 29.8 Å². The molecule has 114 valence electrons. The minimum Gasteiger partial charge on any atom is -0.495 e. The van der Waals surface area contributed by atoms with Crippen LogP contribution >= 0.6 is 23.4 Å². The fraction of sp³-hybridized carbons (Fsp3) is 0.533. The van der Waals surface area contributed by atoms with E-state index in [4.69, 9.17) is 26.1 Å². The minimum absolute atomic E-state index is 0.481. The summed E-state index contributed by atoms with van der Waals surface area (Å²) in [5.41, 5.74) is 0.835. The quantitative estimate of drug-likeness (QED) is 0.910. The number of amidine groups is 1. The molecule has 0 radical (unpaired) electrons. The molecule has 1 aromatic carbocycles. The van der Waals surface area contributed by atoms with E-state index in [1.807, 2.05) is 6.07 Å². The number of fused-ring (bicyclic) bond motifs is 1. The molecule has 0 amide bonds. The van der Waals surface area contributed by atoms with Gasteiger partial charge in [0.1, 0.15) is 11.5 Å². The third-order valence-corrected chi connectivity index (χ3v) is 5.42. The monoisotopic (exact) mass is 326 g/mol. The summed E-state index contributed by atoms with van der Waals surface area (Å²) in [7, 11) is 3.24. The van der Waals surface area contributed by atoms with E-state index >= 15 is 0 Å². The van der Waals surface area contributed by atoms with Crippen LogP contribution in [0.5, 0.6) is 11.5 Å². The average molecular weight is 327 g/mol. The molecule has 1 saturated carbocycles. The van der Waals surface area contributed by atoms with Crippen molar-refractivity contribution in [2.45, 2.75) is 25.3 Å². The smallest absolute Gasteiger partial charge is 0.161 e. The van der Waals surface area contributed by atoms with Crippen molar-refractivity contribution in [1.29, 1.82) is 0 Å². The van der Waals surface area contributed by atoms with Crippen molar-refractivity contribution >= 4 is 34.2 Å². The lowest BCUT2D eigenvalue weighted by molar-refractivity contribution is 0.405. The predicted octanol–water partition coefficient (Wildman–Crippen LogP) is 4.04. The molecule has 1 aliphatic carbocycles. The van der Waals surface area contributed by atoms with Gasteiger partial charge in [0.15, 0.2) is 5.17 Å². The number of halogens is 1. The highest BCUT2D eigenvalue weighted by Gasteiger charge is 2.31. The van der Waals surface area contributed by atoms with Gasteiger partial charge in [-0.15, -0.1) is 0 Å². The molecule has 2 unspecified atom stereocenters. The summed E-state index contributed by atoms with van der Waals surface area (Å²) in [6.07, 6.45) is 3.81. The summed E-state index contributed by atoms with van der Waals surface area (Å²) in [5, 5.41) is 4.86. The zero-order valence-electron chi connectivity index (χ0n) is 12.2. The Balaban J connectivity index is 1.84. The van der Waals surface area contributed by atoms with Crippen LogP contribution in [0.1, 0.15) is 19.3 Å². The van der Waals surface area contributed by atoms with Crippen molar-refractivity contribution in [3.8, 4) is 11.5 Å². The third kappa shape index (κ3) is 3.09. The number of nitrogens with one attached hydrogen (secondary N) is 1. The van der Waals surface area contributed by atoms with E-state index < -0.39 is 0 Å². The van der Waals surface area contributed by atoms with Crippen LogP contribution in [0.3, 0.4) is 0 Å². The number of benzene rings is 1. The molecule has 1 heterocycles. The van der Waals surface area contributed by atoms with Gasteiger partial charge in [-0.2, -0.15) is 0 Å². The highest BCUT2D eigenvalue weighted by atomic mass is 35.5. The topological polar surface area (TPSA) is 42.8 Å². The molecule has 21 heavy (non-hydrogen) atoms. The number of aliphatic imine (C=N–C) groups is 1.